The van der Waals surface area contributed by atoms with Crippen molar-refractivity contribution in [2.24, 2.45) is 0 Å². The molecule has 3 nitrogen and oxygen atoms in total. The van der Waals surface area contributed by atoms with E-state index in [1.807, 2.05) is 6.07 Å². The summed E-state index contributed by atoms with van der Waals surface area (Å²) in [5.74, 6) is 0.696. The maximum Gasteiger partial charge on any atom is 0.160 e. The first kappa shape index (κ1) is 36.9. The second kappa shape index (κ2) is 15.0. The molecule has 0 bridgehead atoms. The molecule has 0 unspecified atom stereocenters. The van der Waals surface area contributed by atoms with Crippen molar-refractivity contribution < 1.29 is 0 Å². The molecule has 0 radical (unpaired) electrons. The number of hydrogen-bond donors (Lipinski definition) is 0. The van der Waals surface area contributed by atoms with Gasteiger partial charge in [-0.15, -0.1) is 0 Å². The van der Waals surface area contributed by atoms with Crippen LogP contribution in [0.5, 0.6) is 0 Å². The number of fused-ring (bicyclic) bond motifs is 8. The fraction of sp³-hybridized carbons (Fsp3) is 0. The van der Waals surface area contributed by atoms with Gasteiger partial charge in [0.1, 0.15) is 0 Å². The van der Waals surface area contributed by atoms with E-state index in [1.165, 1.54) is 70.6 Å². The van der Waals surface area contributed by atoms with Gasteiger partial charge in [0.25, 0.3) is 0 Å². The summed E-state index contributed by atoms with van der Waals surface area (Å²) in [5.41, 5.74) is 13.1. The van der Waals surface area contributed by atoms with Crippen LogP contribution >= 0.6 is 0 Å². The largest absolute Gasteiger partial charge is 0.309 e. The van der Waals surface area contributed by atoms with Gasteiger partial charge in [-0.1, -0.05) is 200 Å². The van der Waals surface area contributed by atoms with Crippen molar-refractivity contribution in [1.29, 1.82) is 0 Å². The van der Waals surface area contributed by atoms with Crippen LogP contribution in [-0.2, 0) is 0 Å². The summed E-state index contributed by atoms with van der Waals surface area (Å²) in [6.07, 6.45) is 0. The molecule has 0 fully saturated rings. The van der Waals surface area contributed by atoms with E-state index >= 15 is 0 Å². The second-order valence-corrected chi connectivity index (χ2v) is 16.9. The number of benzene rings is 11. The zero-order valence-corrected chi connectivity index (χ0v) is 35.4. The smallest absolute Gasteiger partial charge is 0.160 e. The van der Waals surface area contributed by atoms with Crippen molar-refractivity contribution >= 4 is 64.9 Å². The monoisotopic (exact) mass is 825 g/mol. The predicted molar refractivity (Wildman–Crippen MR) is 274 cm³/mol. The van der Waals surface area contributed by atoms with Crippen LogP contribution in [0.25, 0.3) is 127 Å². The van der Waals surface area contributed by atoms with Crippen molar-refractivity contribution in [1.82, 2.24) is 14.5 Å². The van der Waals surface area contributed by atoms with E-state index in [4.69, 9.17) is 9.97 Å². The van der Waals surface area contributed by atoms with E-state index in [0.717, 1.165) is 50.3 Å². The highest BCUT2D eigenvalue weighted by Gasteiger charge is 2.19. The molecule has 3 heteroatoms. The van der Waals surface area contributed by atoms with Gasteiger partial charge < -0.3 is 4.57 Å². The Hall–Kier alpha value is -8.66. The zero-order chi connectivity index (χ0) is 42.8. The molecule has 13 rings (SSSR count). The van der Waals surface area contributed by atoms with Crippen LogP contribution in [-0.4, -0.2) is 14.5 Å². The zero-order valence-electron chi connectivity index (χ0n) is 35.4. The molecule has 0 aliphatic carbocycles. The lowest BCUT2D eigenvalue weighted by atomic mass is 9.86. The lowest BCUT2D eigenvalue weighted by Gasteiger charge is -2.17. The van der Waals surface area contributed by atoms with E-state index in [9.17, 15) is 0 Å². The Morgan fingerprint density at radius 3 is 1.65 bits per heavy atom. The van der Waals surface area contributed by atoms with E-state index in [-0.39, 0.29) is 0 Å². The molecule has 0 aliphatic heterocycles. The fourth-order valence-corrected chi connectivity index (χ4v) is 10.1. The van der Waals surface area contributed by atoms with E-state index in [1.54, 1.807) is 0 Å². The highest BCUT2D eigenvalue weighted by Crippen LogP contribution is 2.44. The second-order valence-electron chi connectivity index (χ2n) is 16.9. The molecule has 65 heavy (non-hydrogen) atoms. The predicted octanol–water partition coefficient (Wildman–Crippen LogP) is 16.5. The summed E-state index contributed by atoms with van der Waals surface area (Å²) in [6, 6.07) is 85.3. The molecule has 0 saturated carbocycles. The van der Waals surface area contributed by atoms with Crippen LogP contribution in [0.2, 0.25) is 0 Å². The SMILES string of the molecule is c1ccc(-c2nc(-c3ccc(-c4ccc5c6ccccc6n(-c6ccccc6)c5c4)cc3)cc(-c3ccc(-c4c5ccccc5cc5c4ccc4ccccc45)c4ccccc34)n2)cc1. The normalized spacial score (nSPS) is 11.7. The average molecular weight is 826 g/mol. The average Bonchev–Trinajstić information content (AvgIpc) is 3.72. The maximum absolute atomic E-state index is 5.32. The molecule has 302 valence electrons. The van der Waals surface area contributed by atoms with E-state index in [0.29, 0.717) is 5.82 Å². The number of rotatable bonds is 6. The molecule has 13 aromatic rings. The molecule has 0 N–H and O–H groups in total. The van der Waals surface area contributed by atoms with Gasteiger partial charge in [0, 0.05) is 33.2 Å². The lowest BCUT2D eigenvalue weighted by molar-refractivity contribution is 1.18. The van der Waals surface area contributed by atoms with Crippen molar-refractivity contribution in [3.8, 4) is 61.8 Å². The standard InChI is InChI=1S/C62H39N3/c1-3-16-43(17-4-1)62-63-57(42-29-27-40(28-30-42)44-32-33-53-52-25-13-14-26-59(52)65(60(53)38-44)46-19-5-2-6-20-46)39-58(64-62)51-35-36-54(50-24-12-11-23-49(50)51)61-48-22-10-8-18-45(48)37-56-47-21-9-7-15-41(47)31-34-55(56)61/h1-39H. The van der Waals surface area contributed by atoms with Crippen LogP contribution in [0, 0.1) is 0 Å². The molecule has 0 aliphatic rings. The fourth-order valence-electron chi connectivity index (χ4n) is 10.1. The van der Waals surface area contributed by atoms with Crippen LogP contribution < -0.4 is 0 Å². The molecule has 2 aromatic heterocycles. The molecular formula is C62H39N3. The molecule has 0 saturated heterocycles. The van der Waals surface area contributed by atoms with Gasteiger partial charge in [0.2, 0.25) is 0 Å². The van der Waals surface area contributed by atoms with Gasteiger partial charge in [0.15, 0.2) is 5.82 Å². The Morgan fingerprint density at radius 1 is 0.277 bits per heavy atom. The van der Waals surface area contributed by atoms with Crippen LogP contribution in [0.1, 0.15) is 0 Å². The molecule has 0 amide bonds. The Balaban J connectivity index is 0.952. The third kappa shape index (κ3) is 6.12. The van der Waals surface area contributed by atoms with Crippen molar-refractivity contribution in [2.75, 3.05) is 0 Å². The van der Waals surface area contributed by atoms with Crippen LogP contribution in [0.3, 0.4) is 0 Å². The van der Waals surface area contributed by atoms with Crippen LogP contribution in [0.15, 0.2) is 237 Å². The lowest BCUT2D eigenvalue weighted by Crippen LogP contribution is -1.97. The molecule has 0 spiro atoms. The molecule has 11 aromatic carbocycles. The van der Waals surface area contributed by atoms with E-state index < -0.39 is 0 Å². The number of para-hydroxylation sites is 2. The van der Waals surface area contributed by atoms with Gasteiger partial charge in [-0.05, 0) is 102 Å². The minimum atomic E-state index is 0.696. The third-order valence-electron chi connectivity index (χ3n) is 13.2. The molecule has 2 heterocycles. The summed E-state index contributed by atoms with van der Waals surface area (Å²) in [7, 11) is 0. The minimum absolute atomic E-state index is 0.696. The van der Waals surface area contributed by atoms with Gasteiger partial charge >= 0.3 is 0 Å². The Kier molecular flexibility index (Phi) is 8.53. The minimum Gasteiger partial charge on any atom is -0.309 e. The Bertz CT molecular complexity index is 3980. The maximum atomic E-state index is 5.32. The molecular weight excluding hydrogens is 787 g/mol. The van der Waals surface area contributed by atoms with Crippen molar-refractivity contribution in [3.63, 3.8) is 0 Å². The first-order valence-corrected chi connectivity index (χ1v) is 22.2. The Morgan fingerprint density at radius 2 is 0.846 bits per heavy atom. The third-order valence-corrected chi connectivity index (χ3v) is 13.2. The van der Waals surface area contributed by atoms with Gasteiger partial charge in [0.05, 0.1) is 22.4 Å². The highest BCUT2D eigenvalue weighted by atomic mass is 15.0. The topological polar surface area (TPSA) is 30.7 Å². The number of nitrogens with zero attached hydrogens (tertiary/aromatic N) is 3. The first-order valence-electron chi connectivity index (χ1n) is 22.2. The highest BCUT2D eigenvalue weighted by molar-refractivity contribution is 6.23. The van der Waals surface area contributed by atoms with E-state index in [2.05, 4.69) is 235 Å². The summed E-state index contributed by atoms with van der Waals surface area (Å²) in [6.45, 7) is 0. The van der Waals surface area contributed by atoms with Crippen molar-refractivity contribution in [2.45, 2.75) is 0 Å². The van der Waals surface area contributed by atoms with Crippen LogP contribution in [0.4, 0.5) is 0 Å². The number of aromatic nitrogens is 3. The van der Waals surface area contributed by atoms with Crippen molar-refractivity contribution in [3.05, 3.63) is 237 Å². The Labute approximate surface area is 376 Å². The number of hydrogen-bond acceptors (Lipinski definition) is 2. The van der Waals surface area contributed by atoms with Gasteiger partial charge in [-0.25, -0.2) is 9.97 Å². The quantitative estimate of drug-likeness (QED) is 0.123. The summed E-state index contributed by atoms with van der Waals surface area (Å²) in [5, 5.41) is 12.3. The van der Waals surface area contributed by atoms with Gasteiger partial charge in [-0.2, -0.15) is 0 Å². The first-order chi connectivity index (χ1) is 32.2. The van der Waals surface area contributed by atoms with Gasteiger partial charge in [-0.3, -0.25) is 0 Å². The summed E-state index contributed by atoms with van der Waals surface area (Å²) in [4.78, 5) is 10.6. The summed E-state index contributed by atoms with van der Waals surface area (Å²) >= 11 is 0. The molecule has 0 atom stereocenters. The summed E-state index contributed by atoms with van der Waals surface area (Å²) < 4.78 is 2.37.